The van der Waals surface area contributed by atoms with Crippen LogP contribution in [0.3, 0.4) is 0 Å². The largest absolute Gasteiger partial charge is 0.445 e. The Kier molecular flexibility index (Phi) is 2.92. The first-order chi connectivity index (χ1) is 8.26. The van der Waals surface area contributed by atoms with Crippen molar-refractivity contribution in [2.24, 2.45) is 0 Å². The van der Waals surface area contributed by atoms with Crippen LogP contribution in [0.1, 0.15) is 37.3 Å². The summed E-state index contributed by atoms with van der Waals surface area (Å²) in [5.41, 5.74) is 0. The van der Waals surface area contributed by atoms with Crippen molar-refractivity contribution < 1.29 is 4.42 Å². The normalized spacial score (nSPS) is 33.2. The Balaban J connectivity index is 1.69. The lowest BCUT2D eigenvalue weighted by Gasteiger charge is -2.38. The van der Waals surface area contributed by atoms with Gasteiger partial charge in [0.1, 0.15) is 5.76 Å². The molecule has 4 heteroatoms. The summed E-state index contributed by atoms with van der Waals surface area (Å²) >= 11 is 0. The Labute approximate surface area is 102 Å². The Bertz CT molecular complexity index is 376. The van der Waals surface area contributed by atoms with Gasteiger partial charge in [0.2, 0.25) is 5.89 Å². The number of nitrogens with one attached hydrogen (secondary N) is 1. The van der Waals surface area contributed by atoms with Crippen LogP contribution in [0.25, 0.3) is 0 Å². The Morgan fingerprint density at radius 3 is 2.65 bits per heavy atom. The molecular weight excluding hydrogens is 214 g/mol. The maximum Gasteiger partial charge on any atom is 0.208 e. The second-order valence-corrected chi connectivity index (χ2v) is 5.38. The van der Waals surface area contributed by atoms with E-state index in [0.29, 0.717) is 6.04 Å². The average molecular weight is 235 g/mol. The number of fused-ring (bicyclic) bond motifs is 2. The van der Waals surface area contributed by atoms with Gasteiger partial charge >= 0.3 is 0 Å². The van der Waals surface area contributed by atoms with Crippen LogP contribution >= 0.6 is 0 Å². The van der Waals surface area contributed by atoms with Gasteiger partial charge in [-0.2, -0.15) is 0 Å². The van der Waals surface area contributed by atoms with E-state index >= 15 is 0 Å². The second-order valence-electron chi connectivity index (χ2n) is 5.38. The molecule has 0 aromatic carbocycles. The number of nitrogens with zero attached hydrogens (tertiary/aromatic N) is 2. The van der Waals surface area contributed by atoms with E-state index in [4.69, 9.17) is 4.42 Å². The fourth-order valence-corrected chi connectivity index (χ4v) is 3.40. The zero-order valence-electron chi connectivity index (χ0n) is 10.6. The van der Waals surface area contributed by atoms with E-state index < -0.39 is 0 Å². The van der Waals surface area contributed by atoms with Crippen LogP contribution in [0.4, 0.5) is 0 Å². The summed E-state index contributed by atoms with van der Waals surface area (Å²) < 4.78 is 5.60. The molecule has 2 saturated heterocycles. The van der Waals surface area contributed by atoms with E-state index in [1.807, 2.05) is 13.1 Å². The van der Waals surface area contributed by atoms with Crippen LogP contribution in [-0.2, 0) is 6.54 Å². The van der Waals surface area contributed by atoms with Crippen LogP contribution in [0.5, 0.6) is 0 Å². The summed E-state index contributed by atoms with van der Waals surface area (Å²) in [5, 5.41) is 3.43. The molecule has 2 bridgehead atoms. The number of hydrogen-bond donors (Lipinski definition) is 1. The molecule has 1 N–H and O–H groups in total. The Morgan fingerprint density at radius 2 is 2.12 bits per heavy atom. The molecule has 4 nitrogen and oxygen atoms in total. The van der Waals surface area contributed by atoms with Crippen molar-refractivity contribution in [3.63, 3.8) is 0 Å². The number of oxazole rings is 1. The van der Waals surface area contributed by atoms with Crippen LogP contribution in [0.2, 0.25) is 0 Å². The molecule has 3 heterocycles. The van der Waals surface area contributed by atoms with Gasteiger partial charge in [0.05, 0.1) is 12.7 Å². The molecule has 94 valence electrons. The maximum atomic E-state index is 5.60. The first-order valence-electron chi connectivity index (χ1n) is 6.60. The van der Waals surface area contributed by atoms with E-state index in [0.717, 1.165) is 30.3 Å². The van der Waals surface area contributed by atoms with Crippen LogP contribution in [0, 0.1) is 6.92 Å². The summed E-state index contributed by atoms with van der Waals surface area (Å²) in [5.74, 6) is 1.79. The molecule has 3 rings (SSSR count). The first kappa shape index (κ1) is 11.2. The highest BCUT2D eigenvalue weighted by atomic mass is 16.4. The molecule has 2 unspecified atom stereocenters. The van der Waals surface area contributed by atoms with Crippen molar-refractivity contribution in [3.8, 4) is 0 Å². The van der Waals surface area contributed by atoms with E-state index in [1.165, 1.54) is 25.7 Å². The van der Waals surface area contributed by atoms with E-state index in [1.54, 1.807) is 0 Å². The highest BCUT2D eigenvalue weighted by Gasteiger charge is 2.40. The summed E-state index contributed by atoms with van der Waals surface area (Å²) in [6.45, 7) is 2.85. The fraction of sp³-hybridized carbons (Fsp3) is 0.769. The SMILES string of the molecule is CNC1CC2CCC(C1)N2Cc1ncc(C)o1. The topological polar surface area (TPSA) is 41.3 Å². The van der Waals surface area contributed by atoms with Crippen molar-refractivity contribution in [3.05, 3.63) is 17.8 Å². The fourth-order valence-electron chi connectivity index (χ4n) is 3.40. The number of aromatic nitrogens is 1. The standard InChI is InChI=1S/C13H21N3O/c1-9-7-15-13(17-9)8-16-11-3-4-12(16)6-10(5-11)14-2/h7,10-12,14H,3-6,8H2,1-2H3. The minimum absolute atomic E-state index is 0.704. The van der Waals surface area contributed by atoms with Gasteiger partial charge in [0.15, 0.2) is 0 Å². The summed E-state index contributed by atoms with van der Waals surface area (Å²) in [6, 6.07) is 2.15. The predicted octanol–water partition coefficient (Wildman–Crippen LogP) is 1.70. The van der Waals surface area contributed by atoms with Crippen molar-refractivity contribution in [2.45, 2.75) is 57.3 Å². The molecule has 2 atom stereocenters. The van der Waals surface area contributed by atoms with Gasteiger partial charge in [-0.3, -0.25) is 4.90 Å². The minimum atomic E-state index is 0.704. The molecule has 0 amide bonds. The van der Waals surface area contributed by atoms with Crippen LogP contribution in [0.15, 0.2) is 10.6 Å². The molecule has 17 heavy (non-hydrogen) atoms. The number of aryl methyl sites for hydroxylation is 1. The van der Waals surface area contributed by atoms with Gasteiger partial charge in [-0.25, -0.2) is 4.98 Å². The third-order valence-electron chi connectivity index (χ3n) is 4.28. The monoisotopic (exact) mass is 235 g/mol. The van der Waals surface area contributed by atoms with Crippen LogP contribution < -0.4 is 5.32 Å². The molecule has 2 aliphatic rings. The zero-order chi connectivity index (χ0) is 11.8. The number of piperidine rings is 1. The molecule has 2 fully saturated rings. The first-order valence-corrected chi connectivity index (χ1v) is 6.60. The Morgan fingerprint density at radius 1 is 1.41 bits per heavy atom. The molecule has 0 radical (unpaired) electrons. The van der Waals surface area contributed by atoms with E-state index in [2.05, 4.69) is 22.2 Å². The molecule has 1 aromatic rings. The molecule has 1 aromatic heterocycles. The van der Waals surface area contributed by atoms with Crippen molar-refractivity contribution in [1.29, 1.82) is 0 Å². The summed E-state index contributed by atoms with van der Waals surface area (Å²) in [6.07, 6.45) is 7.03. The molecule has 2 aliphatic heterocycles. The average Bonchev–Trinajstić information content (AvgIpc) is 2.82. The lowest BCUT2D eigenvalue weighted by Crippen LogP contribution is -2.47. The zero-order valence-corrected chi connectivity index (χ0v) is 10.6. The molecule has 0 saturated carbocycles. The van der Waals surface area contributed by atoms with E-state index in [-0.39, 0.29) is 0 Å². The van der Waals surface area contributed by atoms with Gasteiger partial charge in [-0.05, 0) is 39.7 Å². The van der Waals surface area contributed by atoms with Gasteiger partial charge in [0, 0.05) is 18.1 Å². The second kappa shape index (κ2) is 4.42. The van der Waals surface area contributed by atoms with Crippen molar-refractivity contribution >= 4 is 0 Å². The predicted molar refractivity (Wildman–Crippen MR) is 65.7 cm³/mol. The molecule has 0 spiro atoms. The van der Waals surface area contributed by atoms with Gasteiger partial charge < -0.3 is 9.73 Å². The van der Waals surface area contributed by atoms with Gasteiger partial charge in [-0.1, -0.05) is 0 Å². The highest BCUT2D eigenvalue weighted by Crippen LogP contribution is 2.36. The molecule has 0 aliphatic carbocycles. The summed E-state index contributed by atoms with van der Waals surface area (Å²) in [4.78, 5) is 6.92. The summed E-state index contributed by atoms with van der Waals surface area (Å²) in [7, 11) is 2.08. The van der Waals surface area contributed by atoms with Crippen LogP contribution in [-0.4, -0.2) is 35.1 Å². The number of rotatable bonds is 3. The molecular formula is C13H21N3O. The lowest BCUT2D eigenvalue weighted by atomic mass is 9.97. The van der Waals surface area contributed by atoms with Gasteiger partial charge in [0.25, 0.3) is 0 Å². The lowest BCUT2D eigenvalue weighted by molar-refractivity contribution is 0.101. The van der Waals surface area contributed by atoms with Crippen molar-refractivity contribution in [1.82, 2.24) is 15.2 Å². The minimum Gasteiger partial charge on any atom is -0.445 e. The smallest absolute Gasteiger partial charge is 0.208 e. The third kappa shape index (κ3) is 2.11. The number of hydrogen-bond acceptors (Lipinski definition) is 4. The Hall–Kier alpha value is -0.870. The van der Waals surface area contributed by atoms with E-state index in [9.17, 15) is 0 Å². The van der Waals surface area contributed by atoms with Crippen molar-refractivity contribution in [2.75, 3.05) is 7.05 Å². The maximum absolute atomic E-state index is 5.60. The third-order valence-corrected chi connectivity index (χ3v) is 4.28. The quantitative estimate of drug-likeness (QED) is 0.865. The highest BCUT2D eigenvalue weighted by molar-refractivity contribution is 4.99. The van der Waals surface area contributed by atoms with Gasteiger partial charge in [-0.15, -0.1) is 0 Å².